The molecule has 0 aliphatic heterocycles. The topological polar surface area (TPSA) is 21.3 Å². The van der Waals surface area contributed by atoms with Crippen molar-refractivity contribution in [3.63, 3.8) is 0 Å². The van der Waals surface area contributed by atoms with Crippen LogP contribution < -0.4 is 5.32 Å². The Morgan fingerprint density at radius 1 is 1.05 bits per heavy atom. The summed E-state index contributed by atoms with van der Waals surface area (Å²) in [6.45, 7) is 1.13. The van der Waals surface area contributed by atoms with Gasteiger partial charge in [0.25, 0.3) is 0 Å². The number of hydrogen-bond acceptors (Lipinski definition) is 2. The molecule has 2 aliphatic carbocycles. The van der Waals surface area contributed by atoms with Gasteiger partial charge in [0.15, 0.2) is 0 Å². The van der Waals surface area contributed by atoms with Gasteiger partial charge in [-0.25, -0.2) is 0 Å². The molecule has 2 aliphatic rings. The van der Waals surface area contributed by atoms with Gasteiger partial charge in [-0.2, -0.15) is 13.2 Å². The van der Waals surface area contributed by atoms with E-state index >= 15 is 0 Å². The average molecular weight is 307 g/mol. The number of nitrogens with one attached hydrogen (secondary N) is 1. The molecule has 0 amide bonds. The van der Waals surface area contributed by atoms with Gasteiger partial charge in [-0.15, -0.1) is 0 Å². The Morgan fingerprint density at radius 2 is 1.81 bits per heavy atom. The summed E-state index contributed by atoms with van der Waals surface area (Å²) in [7, 11) is 0. The molecule has 1 N–H and O–H groups in total. The van der Waals surface area contributed by atoms with Crippen LogP contribution in [-0.2, 0) is 4.74 Å². The van der Waals surface area contributed by atoms with Crippen molar-refractivity contribution in [3.8, 4) is 0 Å². The molecule has 0 saturated heterocycles. The molecule has 2 nitrogen and oxygen atoms in total. The van der Waals surface area contributed by atoms with Gasteiger partial charge in [0.1, 0.15) is 6.61 Å². The minimum atomic E-state index is -4.21. The van der Waals surface area contributed by atoms with Crippen LogP contribution in [0.1, 0.15) is 64.7 Å². The predicted octanol–water partition coefficient (Wildman–Crippen LogP) is 4.43. The highest BCUT2D eigenvalue weighted by Crippen LogP contribution is 2.30. The highest BCUT2D eigenvalue weighted by Gasteiger charge is 2.32. The van der Waals surface area contributed by atoms with E-state index in [0.29, 0.717) is 12.1 Å². The van der Waals surface area contributed by atoms with E-state index in [9.17, 15) is 13.2 Å². The summed E-state index contributed by atoms with van der Waals surface area (Å²) >= 11 is 0. The maximum absolute atomic E-state index is 12.2. The van der Waals surface area contributed by atoms with Gasteiger partial charge in [0.2, 0.25) is 0 Å². The highest BCUT2D eigenvalue weighted by atomic mass is 19.4. The monoisotopic (exact) mass is 307 g/mol. The summed E-state index contributed by atoms with van der Waals surface area (Å²) in [5.74, 6) is 0.732. The third-order valence-corrected chi connectivity index (χ3v) is 4.99. The van der Waals surface area contributed by atoms with Crippen molar-refractivity contribution in [2.45, 2.75) is 89.1 Å². The van der Waals surface area contributed by atoms with Crippen molar-refractivity contribution in [3.05, 3.63) is 0 Å². The summed E-state index contributed by atoms with van der Waals surface area (Å²) in [4.78, 5) is 0. The van der Waals surface area contributed by atoms with Gasteiger partial charge >= 0.3 is 6.18 Å². The lowest BCUT2D eigenvalue weighted by Gasteiger charge is -2.38. The quantitative estimate of drug-likeness (QED) is 0.811. The van der Waals surface area contributed by atoms with Crippen LogP contribution in [0.15, 0.2) is 0 Å². The van der Waals surface area contributed by atoms with Crippen molar-refractivity contribution in [1.82, 2.24) is 5.32 Å². The van der Waals surface area contributed by atoms with Crippen LogP contribution in [0, 0.1) is 5.92 Å². The van der Waals surface area contributed by atoms with Crippen molar-refractivity contribution in [2.24, 2.45) is 5.92 Å². The lowest BCUT2D eigenvalue weighted by Crippen LogP contribution is -2.47. The van der Waals surface area contributed by atoms with Crippen LogP contribution >= 0.6 is 0 Å². The van der Waals surface area contributed by atoms with Crippen LogP contribution in [0.3, 0.4) is 0 Å². The molecule has 0 radical (unpaired) electrons. The number of rotatable bonds is 5. The molecular formula is C16H28F3NO. The standard InChI is InChI=1S/C16H28F3NO/c1-2-12-6-3-4-9-15(12)20-13-7-5-8-14(10-13)21-11-16(17,18)19/h12-15,20H,2-11H2,1H3. The van der Waals surface area contributed by atoms with Crippen molar-refractivity contribution >= 4 is 0 Å². The second kappa shape index (κ2) is 7.82. The predicted molar refractivity (Wildman–Crippen MR) is 77.2 cm³/mol. The van der Waals surface area contributed by atoms with Gasteiger partial charge < -0.3 is 10.1 Å². The molecule has 2 saturated carbocycles. The average Bonchev–Trinajstić information content (AvgIpc) is 2.45. The molecule has 0 heterocycles. The van der Waals surface area contributed by atoms with E-state index in [4.69, 9.17) is 4.74 Å². The first-order chi connectivity index (χ1) is 9.98. The second-order valence-corrected chi connectivity index (χ2v) is 6.64. The Labute approximate surface area is 125 Å². The zero-order valence-corrected chi connectivity index (χ0v) is 12.9. The Morgan fingerprint density at radius 3 is 2.52 bits per heavy atom. The van der Waals surface area contributed by atoms with E-state index < -0.39 is 12.8 Å². The van der Waals surface area contributed by atoms with Crippen LogP contribution in [0.5, 0.6) is 0 Å². The summed E-state index contributed by atoms with van der Waals surface area (Å²) in [6, 6.07) is 0.879. The summed E-state index contributed by atoms with van der Waals surface area (Å²) in [5, 5.41) is 3.72. The minimum Gasteiger partial charge on any atom is -0.369 e. The maximum atomic E-state index is 12.2. The van der Waals surface area contributed by atoms with Crippen LogP contribution in [0.4, 0.5) is 13.2 Å². The highest BCUT2D eigenvalue weighted by molar-refractivity contribution is 4.86. The zero-order chi connectivity index (χ0) is 15.3. The molecule has 21 heavy (non-hydrogen) atoms. The van der Waals surface area contributed by atoms with Crippen molar-refractivity contribution < 1.29 is 17.9 Å². The van der Waals surface area contributed by atoms with Gasteiger partial charge in [-0.3, -0.25) is 0 Å². The number of ether oxygens (including phenoxy) is 1. The van der Waals surface area contributed by atoms with Gasteiger partial charge in [-0.1, -0.05) is 26.2 Å². The zero-order valence-electron chi connectivity index (χ0n) is 12.9. The first-order valence-electron chi connectivity index (χ1n) is 8.42. The van der Waals surface area contributed by atoms with E-state index in [1.54, 1.807) is 0 Å². The molecule has 0 bridgehead atoms. The lowest BCUT2D eigenvalue weighted by molar-refractivity contribution is -0.188. The third-order valence-electron chi connectivity index (χ3n) is 4.99. The fourth-order valence-corrected chi connectivity index (χ4v) is 3.88. The van der Waals surface area contributed by atoms with E-state index in [1.807, 2.05) is 0 Å². The van der Waals surface area contributed by atoms with Gasteiger partial charge in [0, 0.05) is 12.1 Å². The van der Waals surface area contributed by atoms with Crippen LogP contribution in [0.2, 0.25) is 0 Å². The molecule has 4 atom stereocenters. The van der Waals surface area contributed by atoms with E-state index in [1.165, 1.54) is 32.1 Å². The van der Waals surface area contributed by atoms with E-state index in [-0.39, 0.29) is 6.10 Å². The van der Waals surface area contributed by atoms with Gasteiger partial charge in [0.05, 0.1) is 6.10 Å². The summed E-state index contributed by atoms with van der Waals surface area (Å²) in [6.07, 6.45) is 5.35. The fourth-order valence-electron chi connectivity index (χ4n) is 3.88. The molecule has 5 heteroatoms. The summed E-state index contributed by atoms with van der Waals surface area (Å²) < 4.78 is 41.8. The molecule has 4 unspecified atom stereocenters. The van der Waals surface area contributed by atoms with Crippen LogP contribution in [0.25, 0.3) is 0 Å². The smallest absolute Gasteiger partial charge is 0.369 e. The molecule has 0 spiro atoms. The first-order valence-corrected chi connectivity index (χ1v) is 8.42. The normalized spacial score (nSPS) is 34.9. The molecule has 0 aromatic rings. The number of hydrogen-bond donors (Lipinski definition) is 1. The Balaban J connectivity index is 1.77. The third kappa shape index (κ3) is 5.78. The summed E-state index contributed by atoms with van der Waals surface area (Å²) in [5.41, 5.74) is 0. The van der Waals surface area contributed by atoms with Gasteiger partial charge in [-0.05, 0) is 44.4 Å². The molecular weight excluding hydrogens is 279 g/mol. The Hall–Kier alpha value is -0.290. The molecule has 0 aromatic heterocycles. The van der Waals surface area contributed by atoms with Crippen LogP contribution in [-0.4, -0.2) is 31.0 Å². The molecule has 124 valence electrons. The Kier molecular flexibility index (Phi) is 6.35. The van der Waals surface area contributed by atoms with Crippen molar-refractivity contribution in [2.75, 3.05) is 6.61 Å². The SMILES string of the molecule is CCC1CCCCC1NC1CCCC(OCC(F)(F)F)C1. The minimum absolute atomic E-state index is 0.235. The van der Waals surface area contributed by atoms with Crippen molar-refractivity contribution in [1.29, 1.82) is 0 Å². The number of halogens is 3. The maximum Gasteiger partial charge on any atom is 0.411 e. The van der Waals surface area contributed by atoms with E-state index in [0.717, 1.165) is 31.6 Å². The molecule has 2 fully saturated rings. The van der Waals surface area contributed by atoms with E-state index in [2.05, 4.69) is 12.2 Å². The molecule has 2 rings (SSSR count). The lowest BCUT2D eigenvalue weighted by atomic mass is 9.81. The second-order valence-electron chi connectivity index (χ2n) is 6.64. The first kappa shape index (κ1) is 17.1. The number of alkyl halides is 3. The fraction of sp³-hybridized carbons (Fsp3) is 1.00. The Bertz CT molecular complexity index is 308. The largest absolute Gasteiger partial charge is 0.411 e. The molecule has 0 aromatic carbocycles.